The summed E-state index contributed by atoms with van der Waals surface area (Å²) in [5, 5.41) is 10.8. The third kappa shape index (κ3) is 0.479. The Balaban J connectivity index is 1.89. The van der Waals surface area contributed by atoms with Crippen LogP contribution in [0.2, 0.25) is 0 Å². The summed E-state index contributed by atoms with van der Waals surface area (Å²) in [5.74, 6) is 5.41. The molecule has 0 saturated heterocycles. The van der Waals surface area contributed by atoms with E-state index in [0.717, 1.165) is 36.0 Å². The molecule has 6 rings (SSSR count). The second-order valence-corrected chi connectivity index (χ2v) is 9.89. The van der Waals surface area contributed by atoms with Crippen molar-refractivity contribution in [1.82, 2.24) is 0 Å². The molecule has 1 nitrogen and oxygen atoms in total. The van der Waals surface area contributed by atoms with Crippen molar-refractivity contribution in [2.45, 2.75) is 21.7 Å². The van der Waals surface area contributed by atoms with Gasteiger partial charge in [0.05, 0.1) is 8.83 Å². The fourth-order valence-corrected chi connectivity index (χ4v) is 9.20. The molecule has 0 amide bonds. The predicted molar refractivity (Wildman–Crippen MR) is 59.2 cm³/mol. The van der Waals surface area contributed by atoms with Crippen molar-refractivity contribution < 1.29 is 5.11 Å². The summed E-state index contributed by atoms with van der Waals surface area (Å²) in [7, 11) is 0. The van der Waals surface area contributed by atoms with Gasteiger partial charge in [-0.2, -0.15) is 0 Å². The molecule has 0 spiro atoms. The number of alkyl halides is 2. The number of aliphatic hydroxyl groups is 1. The molecule has 0 aromatic rings. The molecule has 0 aliphatic heterocycles. The number of halogens is 2. The normalized spacial score (nSPS) is 78.6. The summed E-state index contributed by atoms with van der Waals surface area (Å²) in [6.45, 7) is 0. The molecule has 0 aromatic carbocycles. The Kier molecular flexibility index (Phi) is 1.04. The van der Waals surface area contributed by atoms with E-state index < -0.39 is 0 Å². The quantitative estimate of drug-likeness (QED) is 0.680. The highest BCUT2D eigenvalue weighted by atomic mass is 79.9. The molecule has 6 saturated carbocycles. The number of rotatable bonds is 0. The minimum atomic E-state index is -0.287. The number of hydrogen-bond donors (Lipinski definition) is 1. The molecular formula is C11H12Br2O. The first-order valence-electron chi connectivity index (χ1n) is 5.67. The highest BCUT2D eigenvalue weighted by molar-refractivity contribution is 9.25. The van der Waals surface area contributed by atoms with Gasteiger partial charge in [0.25, 0.3) is 0 Å². The maximum atomic E-state index is 10.8. The van der Waals surface area contributed by atoms with Crippen LogP contribution >= 0.6 is 31.9 Å². The Morgan fingerprint density at radius 2 is 1.86 bits per heavy atom. The van der Waals surface area contributed by atoms with Crippen LogP contribution in [-0.2, 0) is 0 Å². The Morgan fingerprint density at radius 1 is 1.07 bits per heavy atom. The molecule has 6 fully saturated rings. The van der Waals surface area contributed by atoms with Gasteiger partial charge in [0.15, 0.2) is 0 Å². The zero-order valence-corrected chi connectivity index (χ0v) is 10.8. The van der Waals surface area contributed by atoms with Crippen molar-refractivity contribution in [3.8, 4) is 0 Å². The third-order valence-corrected chi connectivity index (χ3v) is 8.36. The Hall–Kier alpha value is 0.920. The Bertz CT molecular complexity index is 368. The van der Waals surface area contributed by atoms with E-state index in [1.54, 1.807) is 0 Å². The molecule has 0 unspecified atom stereocenters. The van der Waals surface area contributed by atoms with Gasteiger partial charge in [-0.15, -0.1) is 0 Å². The van der Waals surface area contributed by atoms with Crippen LogP contribution < -0.4 is 0 Å². The van der Waals surface area contributed by atoms with Gasteiger partial charge in [0.1, 0.15) is 0 Å². The highest BCUT2D eigenvalue weighted by Crippen LogP contribution is 2.88. The zero-order valence-electron chi connectivity index (χ0n) is 7.66. The maximum Gasteiger partial charge on any atom is 0.0898 e. The number of hydrogen-bond acceptors (Lipinski definition) is 1. The van der Waals surface area contributed by atoms with Crippen molar-refractivity contribution in [2.24, 2.45) is 41.4 Å². The summed E-state index contributed by atoms with van der Waals surface area (Å²) >= 11 is 7.77. The standard InChI is InChI=1S/C11H12Br2O/c12-11(13)8-4-1-3-5-2-10(14,7(3)8)9(11)6(4)5/h3-9,14H,1-2H2/t3-,4+,5+,6+,7-,8-,9-,10-/m1/s1. The molecule has 6 aliphatic rings. The average Bonchev–Trinajstić information content (AvgIpc) is 2.70. The molecular weight excluding hydrogens is 308 g/mol. The lowest BCUT2D eigenvalue weighted by atomic mass is 9.69. The maximum absolute atomic E-state index is 10.8. The summed E-state index contributed by atoms with van der Waals surface area (Å²) in [6.07, 6.45) is 2.53. The van der Waals surface area contributed by atoms with Crippen molar-refractivity contribution in [2.75, 3.05) is 0 Å². The summed E-state index contributed by atoms with van der Waals surface area (Å²) in [4.78, 5) is 0. The van der Waals surface area contributed by atoms with Gasteiger partial charge >= 0.3 is 0 Å². The van der Waals surface area contributed by atoms with Crippen LogP contribution in [0.1, 0.15) is 12.8 Å². The van der Waals surface area contributed by atoms with Crippen molar-refractivity contribution in [3.63, 3.8) is 0 Å². The van der Waals surface area contributed by atoms with Crippen molar-refractivity contribution in [3.05, 3.63) is 0 Å². The summed E-state index contributed by atoms with van der Waals surface area (Å²) in [6, 6.07) is 0. The Morgan fingerprint density at radius 3 is 2.57 bits per heavy atom. The van der Waals surface area contributed by atoms with Gasteiger partial charge in [-0.3, -0.25) is 0 Å². The van der Waals surface area contributed by atoms with E-state index in [2.05, 4.69) is 31.9 Å². The molecule has 3 heteroatoms. The van der Waals surface area contributed by atoms with Gasteiger partial charge in [0, 0.05) is 5.92 Å². The lowest BCUT2D eigenvalue weighted by molar-refractivity contribution is -0.0538. The first kappa shape index (κ1) is 8.08. The van der Waals surface area contributed by atoms with Crippen LogP contribution in [0.15, 0.2) is 0 Å². The van der Waals surface area contributed by atoms with Crippen LogP contribution in [0.4, 0.5) is 0 Å². The van der Waals surface area contributed by atoms with E-state index in [1.165, 1.54) is 6.42 Å². The molecule has 8 atom stereocenters. The molecule has 14 heavy (non-hydrogen) atoms. The fourth-order valence-electron chi connectivity index (χ4n) is 6.55. The van der Waals surface area contributed by atoms with E-state index >= 15 is 0 Å². The van der Waals surface area contributed by atoms with Gasteiger partial charge < -0.3 is 5.11 Å². The fraction of sp³-hybridized carbons (Fsp3) is 1.00. The Labute approximate surface area is 99.9 Å². The van der Waals surface area contributed by atoms with E-state index in [0.29, 0.717) is 11.8 Å². The summed E-state index contributed by atoms with van der Waals surface area (Å²) < 4.78 is 0.0920. The molecule has 0 heterocycles. The van der Waals surface area contributed by atoms with E-state index in [1.807, 2.05) is 0 Å². The van der Waals surface area contributed by atoms with E-state index in [-0.39, 0.29) is 8.83 Å². The molecule has 76 valence electrons. The molecule has 0 radical (unpaired) electrons. The lowest BCUT2D eigenvalue weighted by Crippen LogP contribution is -2.43. The lowest BCUT2D eigenvalue weighted by Gasteiger charge is -2.38. The first-order valence-corrected chi connectivity index (χ1v) is 7.25. The van der Waals surface area contributed by atoms with E-state index in [4.69, 9.17) is 0 Å². The molecule has 6 aliphatic carbocycles. The van der Waals surface area contributed by atoms with Gasteiger partial charge in [-0.1, -0.05) is 31.9 Å². The average molecular weight is 320 g/mol. The highest BCUT2D eigenvalue weighted by Gasteiger charge is 2.89. The van der Waals surface area contributed by atoms with Gasteiger partial charge in [0.2, 0.25) is 0 Å². The minimum Gasteiger partial charge on any atom is -0.389 e. The molecule has 6 bridgehead atoms. The van der Waals surface area contributed by atoms with Crippen LogP contribution in [-0.4, -0.2) is 13.9 Å². The molecule has 1 N–H and O–H groups in total. The van der Waals surface area contributed by atoms with Gasteiger partial charge in [-0.05, 0) is 48.3 Å². The zero-order chi connectivity index (χ0) is 9.46. The smallest absolute Gasteiger partial charge is 0.0898 e. The second-order valence-electron chi connectivity index (χ2n) is 6.20. The minimum absolute atomic E-state index is 0.0920. The monoisotopic (exact) mass is 318 g/mol. The van der Waals surface area contributed by atoms with Crippen LogP contribution in [0.25, 0.3) is 0 Å². The molecule has 0 aromatic heterocycles. The van der Waals surface area contributed by atoms with Gasteiger partial charge in [-0.25, -0.2) is 0 Å². The van der Waals surface area contributed by atoms with Crippen molar-refractivity contribution >= 4 is 31.9 Å². The van der Waals surface area contributed by atoms with E-state index in [9.17, 15) is 5.11 Å². The predicted octanol–water partition coefficient (Wildman–Crippen LogP) is 2.37. The first-order chi connectivity index (χ1) is 6.57. The summed E-state index contributed by atoms with van der Waals surface area (Å²) in [5.41, 5.74) is -0.287. The van der Waals surface area contributed by atoms with Crippen molar-refractivity contribution in [1.29, 1.82) is 0 Å². The SMILES string of the molecule is O[C@@]12C[C@H]3[C@H]4C[C@H]5[C@@H]3[C@H]1C(Br)(Br)[C@H]5[C@@H]42. The van der Waals surface area contributed by atoms with Crippen LogP contribution in [0.5, 0.6) is 0 Å². The third-order valence-electron chi connectivity index (χ3n) is 6.31. The largest absolute Gasteiger partial charge is 0.389 e. The van der Waals surface area contributed by atoms with Crippen LogP contribution in [0, 0.1) is 41.4 Å². The van der Waals surface area contributed by atoms with Crippen LogP contribution in [0.3, 0.4) is 0 Å². The topological polar surface area (TPSA) is 20.2 Å². The second kappa shape index (κ2) is 1.80.